The van der Waals surface area contributed by atoms with Gasteiger partial charge in [-0.2, -0.15) is 27.7 Å². The topological polar surface area (TPSA) is 86.7 Å². The Hall–Kier alpha value is -0.686. The molecule has 0 heterocycles. The van der Waals surface area contributed by atoms with Crippen LogP contribution in [-0.4, -0.2) is 50.6 Å². The summed E-state index contributed by atoms with van der Waals surface area (Å²) in [6, 6.07) is 0. The van der Waals surface area contributed by atoms with Crippen molar-refractivity contribution in [3.8, 4) is 0 Å². The van der Waals surface area contributed by atoms with Crippen molar-refractivity contribution in [3.63, 3.8) is 0 Å². The molecule has 0 aliphatic heterocycles. The summed E-state index contributed by atoms with van der Waals surface area (Å²) in [5.74, 6) is -0.432. The molecule has 0 aliphatic carbocycles. The SMILES string of the molecule is CCOCC(=O)C[C-]=O.CCOCC(=O)C[C-]=O.C[CH-]C.C[CH-]C.[Ti+4]. The van der Waals surface area contributed by atoms with Crippen LogP contribution in [0.2, 0.25) is 0 Å². The molecule has 0 aliphatic rings. The molecule has 0 amide bonds. The molecule has 0 saturated heterocycles. The van der Waals surface area contributed by atoms with Gasteiger partial charge in [0.25, 0.3) is 0 Å². The zero-order valence-corrected chi connectivity index (χ0v) is 17.9. The van der Waals surface area contributed by atoms with Gasteiger partial charge in [-0.05, 0) is 13.8 Å². The fraction of sp³-hybridized carbons (Fsp3) is 0.667. The van der Waals surface area contributed by atoms with Crippen molar-refractivity contribution in [1.82, 2.24) is 0 Å². The predicted octanol–water partition coefficient (Wildman–Crippen LogP) is 2.64. The molecular weight excluding hydrogens is 360 g/mol. The standard InChI is InChI=1S/2C6H9O3.2C3H7.Ti/c2*1-2-9-5-6(8)3-4-7;2*1-3-2;/h2*2-3,5H2,1H3;2*3H,1-2H3;/q4*-1;+4. The van der Waals surface area contributed by atoms with Crippen LogP contribution in [0.25, 0.3) is 0 Å². The van der Waals surface area contributed by atoms with Gasteiger partial charge in [-0.3, -0.25) is 22.2 Å². The van der Waals surface area contributed by atoms with Crippen LogP contribution < -0.4 is 0 Å². The number of hydrogen-bond acceptors (Lipinski definition) is 6. The van der Waals surface area contributed by atoms with E-state index in [-0.39, 0.29) is 59.3 Å². The van der Waals surface area contributed by atoms with Crippen molar-refractivity contribution in [3.05, 3.63) is 12.8 Å². The third-order valence-corrected chi connectivity index (χ3v) is 1.47. The van der Waals surface area contributed by atoms with Crippen LogP contribution in [0.5, 0.6) is 0 Å². The van der Waals surface area contributed by atoms with E-state index in [4.69, 9.17) is 9.47 Å². The van der Waals surface area contributed by atoms with E-state index in [1.165, 1.54) is 12.6 Å². The summed E-state index contributed by atoms with van der Waals surface area (Å²) < 4.78 is 9.44. The zero-order chi connectivity index (χ0) is 19.6. The molecule has 0 radical (unpaired) electrons. The molecule has 0 N–H and O–H groups in total. The number of Topliss-reactive ketones (excluding diaryl/α,β-unsaturated/α-hetero) is 2. The Morgan fingerprint density at radius 3 is 1.16 bits per heavy atom. The predicted molar refractivity (Wildman–Crippen MR) is 94.9 cm³/mol. The second kappa shape index (κ2) is 38.7. The van der Waals surface area contributed by atoms with E-state index < -0.39 is 0 Å². The largest absolute Gasteiger partial charge is 4.00 e. The van der Waals surface area contributed by atoms with Crippen LogP contribution in [0, 0.1) is 12.8 Å². The quantitative estimate of drug-likeness (QED) is 0.323. The van der Waals surface area contributed by atoms with Crippen LogP contribution in [0.4, 0.5) is 0 Å². The Morgan fingerprint density at radius 1 is 0.760 bits per heavy atom. The first-order valence-corrected chi connectivity index (χ1v) is 7.82. The van der Waals surface area contributed by atoms with Gasteiger partial charge in [0.15, 0.2) is 0 Å². The van der Waals surface area contributed by atoms with Crippen LogP contribution in [0.15, 0.2) is 0 Å². The molecule has 0 aromatic carbocycles. The molecule has 0 aromatic rings. The Labute approximate surface area is 168 Å². The molecule has 0 rings (SSSR count). The number of carbonyl (C=O) groups excluding carboxylic acids is 4. The van der Waals surface area contributed by atoms with Gasteiger partial charge in [0.1, 0.15) is 24.8 Å². The number of ether oxygens (including phenoxy) is 2. The molecule has 0 unspecified atom stereocenters. The van der Waals surface area contributed by atoms with Gasteiger partial charge >= 0.3 is 21.7 Å². The molecule has 0 fully saturated rings. The van der Waals surface area contributed by atoms with E-state index in [2.05, 4.69) is 0 Å². The minimum atomic E-state index is -0.216. The number of rotatable bonds is 10. The van der Waals surface area contributed by atoms with Crippen molar-refractivity contribution in [1.29, 1.82) is 0 Å². The van der Waals surface area contributed by atoms with Crippen molar-refractivity contribution in [2.75, 3.05) is 26.4 Å². The fourth-order valence-corrected chi connectivity index (χ4v) is 0.695. The van der Waals surface area contributed by atoms with E-state index in [0.29, 0.717) is 13.2 Å². The summed E-state index contributed by atoms with van der Waals surface area (Å²) in [5.41, 5.74) is 0. The Morgan fingerprint density at radius 2 is 1.00 bits per heavy atom. The second-order valence-corrected chi connectivity index (χ2v) is 4.15. The van der Waals surface area contributed by atoms with E-state index in [1.54, 1.807) is 13.8 Å². The van der Waals surface area contributed by atoms with Gasteiger partial charge in [-0.1, -0.05) is 12.8 Å². The maximum absolute atomic E-state index is 10.4. The average Bonchev–Trinajstić information content (AvgIpc) is 2.54. The maximum atomic E-state index is 10.4. The summed E-state index contributed by atoms with van der Waals surface area (Å²) in [6.45, 7) is 12.7. The van der Waals surface area contributed by atoms with E-state index in [0.717, 1.165) is 0 Å². The van der Waals surface area contributed by atoms with Crippen molar-refractivity contribution in [2.45, 2.75) is 54.4 Å². The van der Waals surface area contributed by atoms with E-state index in [9.17, 15) is 19.2 Å². The third kappa shape index (κ3) is 59.7. The smallest absolute Gasteiger partial charge is 0.541 e. The monoisotopic (exact) mass is 392 g/mol. The van der Waals surface area contributed by atoms with Gasteiger partial charge < -0.3 is 31.9 Å². The molecule has 0 bridgehead atoms. The molecule has 6 nitrogen and oxygen atoms in total. The summed E-state index contributed by atoms with van der Waals surface area (Å²) in [5, 5.41) is 0. The van der Waals surface area contributed by atoms with Crippen molar-refractivity contribution < 1.29 is 50.4 Å². The molecule has 0 aromatic heterocycles. The van der Waals surface area contributed by atoms with Gasteiger partial charge in [-0.15, -0.1) is 0 Å². The van der Waals surface area contributed by atoms with Crippen LogP contribution >= 0.6 is 0 Å². The molecule has 0 spiro atoms. The van der Waals surface area contributed by atoms with Crippen LogP contribution in [0.3, 0.4) is 0 Å². The molecule has 0 atom stereocenters. The summed E-state index contributed by atoms with van der Waals surface area (Å²) in [7, 11) is 0. The fourth-order valence-electron chi connectivity index (χ4n) is 0.695. The first-order valence-electron chi connectivity index (χ1n) is 7.82. The summed E-state index contributed by atoms with van der Waals surface area (Å²) in [6.07, 6.45) is 6.69. The summed E-state index contributed by atoms with van der Waals surface area (Å²) in [4.78, 5) is 40.0. The minimum absolute atomic E-state index is 0. The van der Waals surface area contributed by atoms with E-state index in [1.807, 2.05) is 40.5 Å². The Kier molecular flexibility index (Phi) is 54.9. The van der Waals surface area contributed by atoms with Gasteiger partial charge in [0, 0.05) is 13.2 Å². The Bertz CT molecular complexity index is 255. The Balaban J connectivity index is -0.0000000788. The first-order chi connectivity index (χ1) is 11.4. The third-order valence-electron chi connectivity index (χ3n) is 1.47. The molecule has 144 valence electrons. The number of ketones is 2. The average molecular weight is 392 g/mol. The zero-order valence-electron chi connectivity index (χ0n) is 16.3. The van der Waals surface area contributed by atoms with Crippen LogP contribution in [0.1, 0.15) is 54.4 Å². The summed E-state index contributed by atoms with van der Waals surface area (Å²) >= 11 is 0. The minimum Gasteiger partial charge on any atom is -0.541 e. The van der Waals surface area contributed by atoms with E-state index >= 15 is 0 Å². The number of hydrogen-bond donors (Lipinski definition) is 0. The molecule has 0 saturated carbocycles. The number of carbonyl (C=O) groups is 2. The van der Waals surface area contributed by atoms with Crippen LogP contribution in [-0.2, 0) is 50.4 Å². The van der Waals surface area contributed by atoms with Gasteiger partial charge in [0.2, 0.25) is 0 Å². The van der Waals surface area contributed by atoms with Gasteiger partial charge in [-0.25, -0.2) is 0 Å². The maximum Gasteiger partial charge on any atom is 4.00 e. The van der Waals surface area contributed by atoms with Gasteiger partial charge in [0.05, 0.1) is 0 Å². The van der Waals surface area contributed by atoms with Crippen molar-refractivity contribution >= 4 is 24.1 Å². The second-order valence-electron chi connectivity index (χ2n) is 4.15. The normalized spacial score (nSPS) is 7.92. The first kappa shape index (κ1) is 35.4. The molecular formula is C18H32O6Ti. The van der Waals surface area contributed by atoms with Crippen molar-refractivity contribution in [2.24, 2.45) is 0 Å². The molecule has 25 heavy (non-hydrogen) atoms. The molecule has 7 heteroatoms.